The third-order valence-corrected chi connectivity index (χ3v) is 5.65. The lowest BCUT2D eigenvalue weighted by molar-refractivity contribution is 0.171. The summed E-state index contributed by atoms with van der Waals surface area (Å²) in [5.41, 5.74) is 3.54. The molecule has 2 aromatic rings. The van der Waals surface area contributed by atoms with E-state index in [0.29, 0.717) is 42.7 Å². The molecule has 0 atom stereocenters. The van der Waals surface area contributed by atoms with Crippen LogP contribution < -0.4 is 19.7 Å². The van der Waals surface area contributed by atoms with Crippen molar-refractivity contribution < 1.29 is 14.3 Å². The topological polar surface area (TPSA) is 54.0 Å². The van der Waals surface area contributed by atoms with E-state index in [1.54, 1.807) is 0 Å². The van der Waals surface area contributed by atoms with Crippen LogP contribution in [0.5, 0.6) is 11.5 Å². The van der Waals surface area contributed by atoms with Gasteiger partial charge in [0.05, 0.1) is 5.02 Å². The SMILES string of the molecule is Cc1ccccc1N1CCN(C(=O)NCCc2cc(Cl)c3c(c2)OCCO3)CC1. The zero-order chi connectivity index (χ0) is 20.2. The van der Waals surface area contributed by atoms with Crippen LogP contribution in [0.4, 0.5) is 10.5 Å². The van der Waals surface area contributed by atoms with Gasteiger partial charge in [-0.15, -0.1) is 0 Å². The Morgan fingerprint density at radius 1 is 1.10 bits per heavy atom. The number of nitrogens with zero attached hydrogens (tertiary/aromatic N) is 2. The van der Waals surface area contributed by atoms with Crippen molar-refractivity contribution in [1.29, 1.82) is 0 Å². The molecule has 2 aliphatic rings. The molecule has 2 aromatic carbocycles. The fraction of sp³-hybridized carbons (Fsp3) is 0.409. The molecule has 0 bridgehead atoms. The molecule has 0 aliphatic carbocycles. The van der Waals surface area contributed by atoms with E-state index >= 15 is 0 Å². The number of ether oxygens (including phenoxy) is 2. The Bertz CT molecular complexity index is 882. The smallest absolute Gasteiger partial charge is 0.317 e. The molecular weight excluding hydrogens is 390 g/mol. The Balaban J connectivity index is 1.26. The monoisotopic (exact) mass is 415 g/mol. The van der Waals surface area contributed by atoms with Gasteiger partial charge in [-0.1, -0.05) is 29.8 Å². The first-order valence-electron chi connectivity index (χ1n) is 10.0. The zero-order valence-corrected chi connectivity index (χ0v) is 17.4. The molecule has 0 unspecified atom stereocenters. The van der Waals surface area contributed by atoms with Gasteiger partial charge in [0.2, 0.25) is 0 Å². The normalized spacial score (nSPS) is 15.9. The number of rotatable bonds is 4. The van der Waals surface area contributed by atoms with Crippen molar-refractivity contribution in [2.45, 2.75) is 13.3 Å². The lowest BCUT2D eigenvalue weighted by Gasteiger charge is -2.36. The van der Waals surface area contributed by atoms with Crippen LogP contribution in [-0.4, -0.2) is 56.9 Å². The fourth-order valence-electron chi connectivity index (χ4n) is 3.80. The minimum Gasteiger partial charge on any atom is -0.486 e. The number of urea groups is 1. The van der Waals surface area contributed by atoms with Gasteiger partial charge in [0, 0.05) is 38.4 Å². The van der Waals surface area contributed by atoms with Crippen LogP contribution in [0.3, 0.4) is 0 Å². The maximum Gasteiger partial charge on any atom is 0.317 e. The highest BCUT2D eigenvalue weighted by atomic mass is 35.5. The number of carbonyl (C=O) groups excluding carboxylic acids is 1. The van der Waals surface area contributed by atoms with Crippen molar-refractivity contribution in [1.82, 2.24) is 10.2 Å². The summed E-state index contributed by atoms with van der Waals surface area (Å²) >= 11 is 6.28. The largest absolute Gasteiger partial charge is 0.486 e. The minimum atomic E-state index is -0.0157. The van der Waals surface area contributed by atoms with E-state index in [9.17, 15) is 4.79 Å². The summed E-state index contributed by atoms with van der Waals surface area (Å²) in [4.78, 5) is 16.7. The van der Waals surface area contributed by atoms with Crippen molar-refractivity contribution in [3.8, 4) is 11.5 Å². The molecule has 0 radical (unpaired) electrons. The molecule has 1 fully saturated rings. The van der Waals surface area contributed by atoms with E-state index in [0.717, 1.165) is 31.7 Å². The Labute approximate surface area is 176 Å². The number of aryl methyl sites for hydroxylation is 1. The highest BCUT2D eigenvalue weighted by molar-refractivity contribution is 6.32. The molecule has 0 saturated carbocycles. The Kier molecular flexibility index (Phi) is 6.00. The first-order chi connectivity index (χ1) is 14.1. The molecule has 1 N–H and O–H groups in total. The van der Waals surface area contributed by atoms with Gasteiger partial charge in [-0.3, -0.25) is 0 Å². The van der Waals surface area contributed by atoms with E-state index in [1.807, 2.05) is 17.0 Å². The van der Waals surface area contributed by atoms with Crippen LogP contribution in [0.1, 0.15) is 11.1 Å². The van der Waals surface area contributed by atoms with Crippen molar-refractivity contribution in [3.05, 3.63) is 52.5 Å². The van der Waals surface area contributed by atoms with E-state index in [1.165, 1.54) is 11.3 Å². The number of hydrogen-bond acceptors (Lipinski definition) is 4. The predicted molar refractivity (Wildman–Crippen MR) is 115 cm³/mol. The summed E-state index contributed by atoms with van der Waals surface area (Å²) in [5.74, 6) is 1.29. The number of nitrogens with one attached hydrogen (secondary N) is 1. The zero-order valence-electron chi connectivity index (χ0n) is 16.6. The van der Waals surface area contributed by atoms with Gasteiger partial charge < -0.3 is 24.6 Å². The molecule has 2 amide bonds. The summed E-state index contributed by atoms with van der Waals surface area (Å²) in [6, 6.07) is 12.2. The highest BCUT2D eigenvalue weighted by Gasteiger charge is 2.22. The van der Waals surface area contributed by atoms with Gasteiger partial charge in [0.25, 0.3) is 0 Å². The highest BCUT2D eigenvalue weighted by Crippen LogP contribution is 2.38. The summed E-state index contributed by atoms with van der Waals surface area (Å²) in [7, 11) is 0. The molecule has 1 saturated heterocycles. The molecule has 29 heavy (non-hydrogen) atoms. The first-order valence-corrected chi connectivity index (χ1v) is 10.4. The number of fused-ring (bicyclic) bond motifs is 1. The minimum absolute atomic E-state index is 0.0157. The second-order valence-electron chi connectivity index (χ2n) is 7.34. The standard InChI is InChI=1S/C22H26ClN3O3/c1-16-4-2-3-5-19(16)25-8-10-26(11-9-25)22(27)24-7-6-17-14-18(23)21-20(15-17)28-12-13-29-21/h2-5,14-15H,6-13H2,1H3,(H,24,27). The fourth-order valence-corrected chi connectivity index (χ4v) is 4.09. The molecule has 2 aliphatic heterocycles. The number of carbonyl (C=O) groups is 1. The number of hydrogen-bond donors (Lipinski definition) is 1. The molecule has 7 heteroatoms. The molecule has 2 heterocycles. The average molecular weight is 416 g/mol. The Morgan fingerprint density at radius 2 is 1.86 bits per heavy atom. The van der Waals surface area contributed by atoms with Crippen LogP contribution in [0.15, 0.2) is 36.4 Å². The lowest BCUT2D eigenvalue weighted by Crippen LogP contribution is -2.52. The quantitative estimate of drug-likeness (QED) is 0.830. The van der Waals surface area contributed by atoms with E-state index in [2.05, 4.69) is 41.4 Å². The van der Waals surface area contributed by atoms with Crippen molar-refractivity contribution in [2.75, 3.05) is 50.8 Å². The summed E-state index contributed by atoms with van der Waals surface area (Å²) in [6.45, 7) is 6.83. The second-order valence-corrected chi connectivity index (χ2v) is 7.75. The van der Waals surface area contributed by atoms with Gasteiger partial charge in [-0.25, -0.2) is 4.79 Å². The number of halogens is 1. The van der Waals surface area contributed by atoms with Gasteiger partial charge in [-0.2, -0.15) is 0 Å². The van der Waals surface area contributed by atoms with E-state index < -0.39 is 0 Å². The number of anilines is 1. The molecule has 154 valence electrons. The van der Waals surface area contributed by atoms with Gasteiger partial charge in [0.1, 0.15) is 13.2 Å². The van der Waals surface area contributed by atoms with Crippen molar-refractivity contribution in [2.24, 2.45) is 0 Å². The van der Waals surface area contributed by atoms with Gasteiger partial charge in [-0.05, 0) is 42.7 Å². The second kappa shape index (κ2) is 8.82. The predicted octanol–water partition coefficient (Wildman–Crippen LogP) is 3.49. The lowest BCUT2D eigenvalue weighted by atomic mass is 10.1. The first kappa shape index (κ1) is 19.7. The average Bonchev–Trinajstić information content (AvgIpc) is 2.74. The maximum absolute atomic E-state index is 12.5. The number of piperazine rings is 1. The van der Waals surface area contributed by atoms with Crippen LogP contribution in [0, 0.1) is 6.92 Å². The summed E-state index contributed by atoms with van der Waals surface area (Å²) in [6.07, 6.45) is 0.686. The molecule has 4 rings (SSSR count). The summed E-state index contributed by atoms with van der Waals surface area (Å²) in [5, 5.41) is 3.57. The van der Waals surface area contributed by atoms with Crippen LogP contribution in [-0.2, 0) is 6.42 Å². The number of amides is 2. The third-order valence-electron chi connectivity index (χ3n) is 5.37. The number of benzene rings is 2. The van der Waals surface area contributed by atoms with Gasteiger partial charge in [0.15, 0.2) is 11.5 Å². The van der Waals surface area contributed by atoms with Crippen LogP contribution in [0.2, 0.25) is 5.02 Å². The molecular formula is C22H26ClN3O3. The third kappa shape index (κ3) is 4.53. The van der Waals surface area contributed by atoms with E-state index in [-0.39, 0.29) is 6.03 Å². The maximum atomic E-state index is 12.5. The number of para-hydroxylation sites is 1. The molecule has 0 aromatic heterocycles. The Morgan fingerprint density at radius 3 is 2.66 bits per heavy atom. The molecule has 0 spiro atoms. The van der Waals surface area contributed by atoms with E-state index in [4.69, 9.17) is 21.1 Å². The van der Waals surface area contributed by atoms with Crippen molar-refractivity contribution in [3.63, 3.8) is 0 Å². The van der Waals surface area contributed by atoms with Gasteiger partial charge >= 0.3 is 6.03 Å². The summed E-state index contributed by atoms with van der Waals surface area (Å²) < 4.78 is 11.2. The van der Waals surface area contributed by atoms with Crippen LogP contribution >= 0.6 is 11.6 Å². The molecule has 6 nitrogen and oxygen atoms in total. The van der Waals surface area contributed by atoms with Crippen LogP contribution in [0.25, 0.3) is 0 Å². The Hall–Kier alpha value is -2.60. The van der Waals surface area contributed by atoms with Crippen molar-refractivity contribution >= 4 is 23.3 Å².